The molecule has 1 aliphatic rings. The summed E-state index contributed by atoms with van der Waals surface area (Å²) in [5, 5.41) is 14.1. The van der Waals surface area contributed by atoms with Crippen LogP contribution in [-0.2, 0) is 17.6 Å². The lowest BCUT2D eigenvalue weighted by Gasteiger charge is -2.40. The number of carbonyl (C=O) groups excluding carboxylic acids is 1. The van der Waals surface area contributed by atoms with Crippen LogP contribution in [0.3, 0.4) is 0 Å². The zero-order valence-corrected chi connectivity index (χ0v) is 23.3. The number of pyridine rings is 1. The van der Waals surface area contributed by atoms with E-state index < -0.39 is 40.4 Å². The number of fused-ring (bicyclic) bond motifs is 1. The molecule has 10 nitrogen and oxygen atoms in total. The number of rotatable bonds is 6. The summed E-state index contributed by atoms with van der Waals surface area (Å²) in [5.74, 6) is -3.77. The van der Waals surface area contributed by atoms with Crippen LogP contribution in [0.15, 0.2) is 48.0 Å². The Bertz CT molecular complexity index is 1750. The van der Waals surface area contributed by atoms with Crippen molar-refractivity contribution >= 4 is 22.8 Å². The van der Waals surface area contributed by atoms with Crippen molar-refractivity contribution in [2.45, 2.75) is 39.7 Å². The summed E-state index contributed by atoms with van der Waals surface area (Å²) in [4.78, 5) is 42.2. The molecule has 5 rings (SSSR count). The maximum atomic E-state index is 15.8. The molecule has 0 aliphatic carbocycles. The van der Waals surface area contributed by atoms with E-state index in [1.807, 2.05) is 0 Å². The topological polar surface area (TPSA) is 111 Å². The molecule has 0 bridgehead atoms. The highest BCUT2D eigenvalue weighted by Crippen LogP contribution is 2.33. The van der Waals surface area contributed by atoms with E-state index in [-0.39, 0.29) is 52.8 Å². The number of carbonyl (C=O) groups is 1. The Hall–Kier alpha value is -4.81. The number of halogens is 3. The van der Waals surface area contributed by atoms with Gasteiger partial charge in [0.2, 0.25) is 5.91 Å². The number of benzene rings is 1. The van der Waals surface area contributed by atoms with Crippen molar-refractivity contribution in [1.29, 1.82) is 0 Å². The minimum atomic E-state index is -1.21. The molecular formula is C29H28F3N7O3. The second-order valence-corrected chi connectivity index (χ2v) is 9.88. The number of nitrogens with zero attached hydrogens (tertiary/aromatic N) is 7. The van der Waals surface area contributed by atoms with Crippen LogP contribution in [0.2, 0.25) is 0 Å². The zero-order chi connectivity index (χ0) is 30.3. The Labute approximate surface area is 239 Å². The van der Waals surface area contributed by atoms with E-state index in [0.717, 1.165) is 28.8 Å². The Kier molecular flexibility index (Phi) is 7.67. The predicted molar refractivity (Wildman–Crippen MR) is 150 cm³/mol. The summed E-state index contributed by atoms with van der Waals surface area (Å²) >= 11 is 0. The van der Waals surface area contributed by atoms with Gasteiger partial charge in [0.05, 0.1) is 17.0 Å². The van der Waals surface area contributed by atoms with Crippen molar-refractivity contribution in [3.05, 3.63) is 87.8 Å². The van der Waals surface area contributed by atoms with Gasteiger partial charge in [-0.3, -0.25) is 4.79 Å². The smallest absolute Gasteiger partial charge is 0.442 e. The van der Waals surface area contributed by atoms with Gasteiger partial charge in [0.15, 0.2) is 23.0 Å². The molecule has 1 amide bonds. The van der Waals surface area contributed by atoms with Crippen molar-refractivity contribution in [3.63, 3.8) is 0 Å². The average molecular weight is 580 g/mol. The molecule has 1 fully saturated rings. The number of anilines is 1. The van der Waals surface area contributed by atoms with Gasteiger partial charge in [-0.25, -0.2) is 32.7 Å². The molecule has 3 aromatic heterocycles. The molecule has 0 unspecified atom stereocenters. The molecule has 218 valence electrons. The first-order valence-corrected chi connectivity index (χ1v) is 13.5. The number of hydrogen-bond acceptors (Lipinski definition) is 7. The molecule has 42 heavy (non-hydrogen) atoms. The summed E-state index contributed by atoms with van der Waals surface area (Å²) in [6.45, 7) is 9.64. The summed E-state index contributed by atoms with van der Waals surface area (Å²) in [6.07, 6.45) is 3.25. The molecule has 4 aromatic rings. The first kappa shape index (κ1) is 28.7. The van der Waals surface area contributed by atoms with Crippen LogP contribution in [0, 0.1) is 22.7 Å². The van der Waals surface area contributed by atoms with Gasteiger partial charge in [-0.05, 0) is 44.0 Å². The molecule has 1 aromatic carbocycles. The number of hydrogen-bond donors (Lipinski definition) is 0. The second kappa shape index (κ2) is 11.2. The predicted octanol–water partition coefficient (Wildman–Crippen LogP) is 3.24. The van der Waals surface area contributed by atoms with Crippen molar-refractivity contribution in [3.8, 4) is 16.9 Å². The van der Waals surface area contributed by atoms with E-state index in [0.29, 0.717) is 24.2 Å². The summed E-state index contributed by atoms with van der Waals surface area (Å²) in [5.41, 5.74) is -2.03. The Morgan fingerprint density at radius 3 is 2.33 bits per heavy atom. The summed E-state index contributed by atoms with van der Waals surface area (Å²) in [6, 6.07) is 3.49. The SMILES string of the molecule is C=CC(=O)N1CCN(c2nc(=O)n(-c3c(CC)ncnc3CC)c3c2cc(F)c(-c2c(F)cccc2F)[n+]3[O-])[C@@H](C)C1. The number of aromatic nitrogens is 5. The highest BCUT2D eigenvalue weighted by atomic mass is 19.1. The normalized spacial score (nSPS) is 15.3. The number of aryl methyl sites for hydroxylation is 2. The monoisotopic (exact) mass is 579 g/mol. The van der Waals surface area contributed by atoms with Crippen LogP contribution in [0.25, 0.3) is 28.0 Å². The fourth-order valence-electron chi connectivity index (χ4n) is 5.44. The molecule has 13 heteroatoms. The average Bonchev–Trinajstić information content (AvgIpc) is 2.97. The van der Waals surface area contributed by atoms with Crippen LogP contribution in [0.1, 0.15) is 32.2 Å². The molecule has 0 N–H and O–H groups in total. The maximum absolute atomic E-state index is 15.8. The summed E-state index contributed by atoms with van der Waals surface area (Å²) in [7, 11) is 0. The standard InChI is InChI=1S/C29H28F3N7O3/c1-5-21-26(22(6-2)34-15-33-21)38-28-17(13-20(32)25(39(28)42)24-18(30)9-8-10-19(24)31)27(35-29(38)41)37-12-11-36(14-16(37)4)23(40)7-3/h7-10,13,15-16H,3,5-6,11-12,14H2,1-2,4H3/t16-/m0/s1. The fraction of sp³-hybridized carbons (Fsp3) is 0.310. The van der Waals surface area contributed by atoms with Gasteiger partial charge in [-0.15, -0.1) is 4.57 Å². The molecular weight excluding hydrogens is 551 g/mol. The van der Waals surface area contributed by atoms with E-state index in [2.05, 4.69) is 21.5 Å². The maximum Gasteiger partial charge on any atom is 0.442 e. The molecule has 0 saturated carbocycles. The van der Waals surface area contributed by atoms with Gasteiger partial charge >= 0.3 is 11.3 Å². The fourth-order valence-corrected chi connectivity index (χ4v) is 5.44. The van der Waals surface area contributed by atoms with Gasteiger partial charge in [0.1, 0.15) is 23.3 Å². The lowest BCUT2D eigenvalue weighted by atomic mass is 10.1. The van der Waals surface area contributed by atoms with Crippen molar-refractivity contribution in [2.24, 2.45) is 0 Å². The molecule has 4 heterocycles. The Morgan fingerprint density at radius 1 is 1.12 bits per heavy atom. The Balaban J connectivity index is 1.88. The van der Waals surface area contributed by atoms with E-state index in [4.69, 9.17) is 0 Å². The van der Waals surface area contributed by atoms with Crippen LogP contribution in [0.5, 0.6) is 0 Å². The Morgan fingerprint density at radius 2 is 1.76 bits per heavy atom. The summed E-state index contributed by atoms with van der Waals surface area (Å²) < 4.78 is 46.6. The minimum absolute atomic E-state index is 0.00135. The van der Waals surface area contributed by atoms with Gasteiger partial charge in [0.25, 0.3) is 0 Å². The zero-order valence-electron chi connectivity index (χ0n) is 23.3. The lowest BCUT2D eigenvalue weighted by Crippen LogP contribution is -2.54. The van der Waals surface area contributed by atoms with Crippen molar-refractivity contribution in [2.75, 3.05) is 24.5 Å². The van der Waals surface area contributed by atoms with Crippen molar-refractivity contribution < 1.29 is 22.7 Å². The van der Waals surface area contributed by atoms with Crippen molar-refractivity contribution in [1.82, 2.24) is 24.4 Å². The van der Waals surface area contributed by atoms with Gasteiger partial charge < -0.3 is 15.0 Å². The van der Waals surface area contributed by atoms with Crippen LogP contribution < -0.4 is 15.3 Å². The first-order valence-electron chi connectivity index (χ1n) is 13.5. The minimum Gasteiger partial charge on any atom is -0.710 e. The molecule has 1 atom stereocenters. The van der Waals surface area contributed by atoms with E-state index in [1.54, 1.807) is 30.6 Å². The van der Waals surface area contributed by atoms with E-state index in [9.17, 15) is 23.6 Å². The van der Waals surface area contributed by atoms with Crippen LogP contribution in [-0.4, -0.2) is 56.0 Å². The van der Waals surface area contributed by atoms with Crippen LogP contribution >= 0.6 is 0 Å². The van der Waals surface area contributed by atoms with Crippen LogP contribution in [0.4, 0.5) is 19.0 Å². The highest BCUT2D eigenvalue weighted by Gasteiger charge is 2.35. The molecule has 0 radical (unpaired) electrons. The van der Waals surface area contributed by atoms with E-state index in [1.165, 1.54) is 12.4 Å². The third kappa shape index (κ3) is 4.64. The third-order valence-electron chi connectivity index (χ3n) is 7.43. The molecule has 1 saturated heterocycles. The quantitative estimate of drug-likeness (QED) is 0.196. The molecule has 1 aliphatic heterocycles. The second-order valence-electron chi connectivity index (χ2n) is 9.88. The van der Waals surface area contributed by atoms with Gasteiger partial charge in [0, 0.05) is 25.7 Å². The lowest BCUT2D eigenvalue weighted by molar-refractivity contribution is -0.569. The van der Waals surface area contributed by atoms with E-state index >= 15 is 4.39 Å². The number of piperazine rings is 1. The van der Waals surface area contributed by atoms with Gasteiger partial charge in [-0.1, -0.05) is 26.5 Å². The third-order valence-corrected chi connectivity index (χ3v) is 7.43. The molecule has 0 spiro atoms. The van der Waals surface area contributed by atoms with Gasteiger partial charge in [-0.2, -0.15) is 4.98 Å². The number of amides is 1. The first-order chi connectivity index (χ1) is 20.1. The highest BCUT2D eigenvalue weighted by molar-refractivity contribution is 5.89. The largest absolute Gasteiger partial charge is 0.710 e.